The molecule has 0 unspecified atom stereocenters. The summed E-state index contributed by atoms with van der Waals surface area (Å²) in [4.78, 5) is 12.3. The van der Waals surface area contributed by atoms with Gasteiger partial charge in [-0.15, -0.1) is 0 Å². The zero-order valence-corrected chi connectivity index (χ0v) is 34.8. The van der Waals surface area contributed by atoms with Crippen LogP contribution in [0.5, 0.6) is 0 Å². The largest absolute Gasteiger partial charge is 0.465 e. The summed E-state index contributed by atoms with van der Waals surface area (Å²) in [6.45, 7) is 4.78. The van der Waals surface area contributed by atoms with E-state index in [-0.39, 0.29) is 5.97 Å². The summed E-state index contributed by atoms with van der Waals surface area (Å²) in [5.41, 5.74) is 1.77. The van der Waals surface area contributed by atoms with Crippen LogP contribution in [0.2, 0.25) is 0 Å². The van der Waals surface area contributed by atoms with Crippen molar-refractivity contribution in [2.75, 3.05) is 6.61 Å². The molecule has 1 heterocycles. The van der Waals surface area contributed by atoms with E-state index in [1.54, 1.807) is 0 Å². The minimum absolute atomic E-state index is 0.0610. The van der Waals surface area contributed by atoms with Crippen LogP contribution in [-0.4, -0.2) is 12.6 Å². The van der Waals surface area contributed by atoms with Crippen LogP contribution in [0.1, 0.15) is 283 Å². The Bertz CT molecular complexity index is 766. The van der Waals surface area contributed by atoms with Gasteiger partial charge in [0, 0.05) is 0 Å². The van der Waals surface area contributed by atoms with Crippen LogP contribution in [-0.2, 0) is 9.53 Å². The summed E-state index contributed by atoms with van der Waals surface area (Å²) < 4.78 is 5.53. The quantitative estimate of drug-likeness (QED) is 0.185. The number of ether oxygens (including phenoxy) is 1. The molecule has 1 spiro atoms. The summed E-state index contributed by atoms with van der Waals surface area (Å²) in [6.07, 6.45) is 61.3. The molecule has 2 nitrogen and oxygen atoms in total. The van der Waals surface area contributed by atoms with E-state index in [1.165, 1.54) is 263 Å². The van der Waals surface area contributed by atoms with Crippen molar-refractivity contribution in [3.8, 4) is 0 Å². The number of carbonyl (C=O) groups is 1. The highest BCUT2D eigenvalue weighted by Crippen LogP contribution is 2.49. The SMILES string of the molecule is C=C1CCCCCCC2(CCCCCCCCCCCCCCCCCCCCCCCCCCCCCCCCCCCOC(=O)C1)CCC2. The van der Waals surface area contributed by atoms with Crippen molar-refractivity contribution in [1.82, 2.24) is 0 Å². The Labute approximate surface area is 321 Å². The maximum atomic E-state index is 12.3. The second kappa shape index (κ2) is 34.9. The third-order valence-corrected chi connectivity index (χ3v) is 12.9. The monoisotopic (exact) mass is 713 g/mol. The van der Waals surface area contributed by atoms with Crippen molar-refractivity contribution in [3.05, 3.63) is 12.2 Å². The molecule has 300 valence electrons. The van der Waals surface area contributed by atoms with Crippen molar-refractivity contribution in [1.29, 1.82) is 0 Å². The first-order valence-corrected chi connectivity index (χ1v) is 24.0. The van der Waals surface area contributed by atoms with Gasteiger partial charge in [0.15, 0.2) is 0 Å². The fourth-order valence-corrected chi connectivity index (χ4v) is 9.14. The van der Waals surface area contributed by atoms with E-state index in [9.17, 15) is 4.79 Å². The Morgan fingerprint density at radius 1 is 0.333 bits per heavy atom. The zero-order valence-electron chi connectivity index (χ0n) is 34.8. The van der Waals surface area contributed by atoms with Crippen LogP contribution in [0.3, 0.4) is 0 Å². The molecule has 0 aromatic heterocycles. The Hall–Kier alpha value is -0.790. The first-order chi connectivity index (χ1) is 25.2. The molecule has 51 heavy (non-hydrogen) atoms. The topological polar surface area (TPSA) is 26.3 Å². The third-order valence-electron chi connectivity index (χ3n) is 12.9. The normalized spacial score (nSPS) is 24.9. The lowest BCUT2D eigenvalue weighted by molar-refractivity contribution is -0.142. The van der Waals surface area contributed by atoms with Crippen LogP contribution in [0.25, 0.3) is 0 Å². The van der Waals surface area contributed by atoms with Gasteiger partial charge in [0.25, 0.3) is 0 Å². The van der Waals surface area contributed by atoms with Crippen LogP contribution in [0.4, 0.5) is 0 Å². The summed E-state index contributed by atoms with van der Waals surface area (Å²) in [5.74, 6) is -0.0610. The second-order valence-corrected chi connectivity index (χ2v) is 17.8. The standard InChI is InChI=1S/C49H92O2/c1-47-40-35-31-33-37-42-49(43-39-44-49)41-36-32-29-27-25-23-21-19-17-15-13-11-9-7-5-3-2-4-6-8-10-12-14-16-18-20-22-24-26-28-30-34-38-45-51-48(50)46-47/h1-46H2. The van der Waals surface area contributed by atoms with E-state index in [4.69, 9.17) is 4.74 Å². The van der Waals surface area contributed by atoms with E-state index >= 15 is 0 Å². The molecular formula is C49H92O2. The van der Waals surface area contributed by atoms with E-state index in [0.29, 0.717) is 18.4 Å². The van der Waals surface area contributed by atoms with Gasteiger partial charge in [-0.05, 0) is 50.4 Å². The van der Waals surface area contributed by atoms with Gasteiger partial charge in [-0.2, -0.15) is 0 Å². The minimum atomic E-state index is -0.0610. The van der Waals surface area contributed by atoms with Crippen molar-refractivity contribution in [2.24, 2.45) is 5.41 Å². The first kappa shape index (κ1) is 46.4. The molecule has 1 aliphatic carbocycles. The Morgan fingerprint density at radius 2 is 0.588 bits per heavy atom. The second-order valence-electron chi connectivity index (χ2n) is 17.8. The number of rotatable bonds is 0. The molecule has 2 fully saturated rings. The lowest BCUT2D eigenvalue weighted by atomic mass is 9.63. The average Bonchev–Trinajstić information content (AvgIpc) is 3.10. The van der Waals surface area contributed by atoms with E-state index in [2.05, 4.69) is 6.58 Å². The summed E-state index contributed by atoms with van der Waals surface area (Å²) in [6, 6.07) is 0. The third kappa shape index (κ3) is 29.3. The fraction of sp³-hybridized carbons (Fsp3) is 0.939. The fourth-order valence-electron chi connectivity index (χ4n) is 9.14. The number of cyclic esters (lactones) is 1. The Kier molecular flexibility index (Phi) is 31.8. The summed E-state index contributed by atoms with van der Waals surface area (Å²) in [5, 5.41) is 0. The van der Waals surface area contributed by atoms with E-state index < -0.39 is 0 Å². The van der Waals surface area contributed by atoms with Crippen molar-refractivity contribution < 1.29 is 9.53 Å². The van der Waals surface area contributed by atoms with Gasteiger partial charge in [0.05, 0.1) is 13.0 Å². The summed E-state index contributed by atoms with van der Waals surface area (Å²) >= 11 is 0. The van der Waals surface area contributed by atoms with Gasteiger partial charge in [-0.25, -0.2) is 0 Å². The maximum Gasteiger partial charge on any atom is 0.309 e. The van der Waals surface area contributed by atoms with Crippen LogP contribution < -0.4 is 0 Å². The lowest BCUT2D eigenvalue weighted by Gasteiger charge is -2.42. The number of carbonyl (C=O) groups excluding carboxylic acids is 1. The van der Waals surface area contributed by atoms with Crippen molar-refractivity contribution >= 4 is 5.97 Å². The lowest BCUT2D eigenvalue weighted by Crippen LogP contribution is -2.29. The maximum absolute atomic E-state index is 12.3. The number of esters is 1. The highest BCUT2D eigenvalue weighted by atomic mass is 16.5. The highest BCUT2D eigenvalue weighted by molar-refractivity contribution is 5.72. The summed E-state index contributed by atoms with van der Waals surface area (Å²) in [7, 11) is 0. The molecule has 1 aliphatic heterocycles. The molecule has 0 amide bonds. The van der Waals surface area contributed by atoms with E-state index in [1.807, 2.05) is 0 Å². The van der Waals surface area contributed by atoms with Gasteiger partial charge in [-0.3, -0.25) is 4.79 Å². The smallest absolute Gasteiger partial charge is 0.309 e. The minimum Gasteiger partial charge on any atom is -0.465 e. The van der Waals surface area contributed by atoms with Crippen molar-refractivity contribution in [3.63, 3.8) is 0 Å². The molecular weight excluding hydrogens is 621 g/mol. The molecule has 0 bridgehead atoms. The molecule has 1 saturated heterocycles. The zero-order chi connectivity index (χ0) is 36.2. The molecule has 2 heteroatoms. The molecule has 2 rings (SSSR count). The molecule has 1 saturated carbocycles. The van der Waals surface area contributed by atoms with E-state index in [0.717, 1.165) is 18.4 Å². The first-order valence-electron chi connectivity index (χ1n) is 24.0. The van der Waals surface area contributed by atoms with Crippen molar-refractivity contribution in [2.45, 2.75) is 283 Å². The van der Waals surface area contributed by atoms with Gasteiger partial charge >= 0.3 is 5.97 Å². The van der Waals surface area contributed by atoms with Crippen LogP contribution in [0.15, 0.2) is 12.2 Å². The molecule has 2 aliphatic rings. The molecule has 0 atom stereocenters. The Balaban J connectivity index is 1.53. The van der Waals surface area contributed by atoms with Gasteiger partial charge in [0.1, 0.15) is 0 Å². The number of hydrogen-bond donors (Lipinski definition) is 0. The van der Waals surface area contributed by atoms with Crippen LogP contribution >= 0.6 is 0 Å². The Morgan fingerprint density at radius 3 is 0.882 bits per heavy atom. The average molecular weight is 713 g/mol. The van der Waals surface area contributed by atoms with Gasteiger partial charge in [-0.1, -0.05) is 243 Å². The predicted octanol–water partition coefficient (Wildman–Crippen LogP) is 17.3. The molecule has 0 aromatic rings. The molecule has 0 aromatic carbocycles. The van der Waals surface area contributed by atoms with Gasteiger partial charge in [0.2, 0.25) is 0 Å². The van der Waals surface area contributed by atoms with Gasteiger partial charge < -0.3 is 4.74 Å². The molecule has 0 radical (unpaired) electrons. The van der Waals surface area contributed by atoms with Crippen LogP contribution in [0, 0.1) is 5.41 Å². The highest BCUT2D eigenvalue weighted by Gasteiger charge is 2.35. The predicted molar refractivity (Wildman–Crippen MR) is 226 cm³/mol. The number of hydrogen-bond acceptors (Lipinski definition) is 2. The molecule has 0 N–H and O–H groups in total.